The predicted octanol–water partition coefficient (Wildman–Crippen LogP) is 3.85. The molecule has 27 heavy (non-hydrogen) atoms. The van der Waals surface area contributed by atoms with Crippen molar-refractivity contribution >= 4 is 21.4 Å². The van der Waals surface area contributed by atoms with Gasteiger partial charge in [0.25, 0.3) is 0 Å². The molecule has 1 unspecified atom stereocenters. The van der Waals surface area contributed by atoms with Gasteiger partial charge in [-0.15, -0.1) is 0 Å². The zero-order chi connectivity index (χ0) is 20.0. The first-order chi connectivity index (χ1) is 12.4. The number of aryl methyl sites for hydroxylation is 1. The fourth-order valence-corrected chi connectivity index (χ4v) is 3.67. The summed E-state index contributed by atoms with van der Waals surface area (Å²) in [6, 6.07) is 10.6. The molecule has 144 valence electrons. The Hall–Kier alpha value is -2.19. The van der Waals surface area contributed by atoms with E-state index in [0.717, 1.165) is 18.0 Å². The van der Waals surface area contributed by atoms with Crippen molar-refractivity contribution in [2.45, 2.75) is 23.7 Å². The van der Waals surface area contributed by atoms with Gasteiger partial charge in [0.05, 0.1) is 4.90 Å². The Morgan fingerprint density at radius 2 is 1.63 bits per heavy atom. The van der Waals surface area contributed by atoms with Crippen LogP contribution in [0.1, 0.15) is 16.7 Å². The van der Waals surface area contributed by atoms with Crippen molar-refractivity contribution in [1.29, 1.82) is 0 Å². The molecule has 1 heterocycles. The molecule has 1 atom stereocenters. The van der Waals surface area contributed by atoms with Crippen LogP contribution in [-0.4, -0.2) is 20.8 Å². The highest BCUT2D eigenvalue weighted by atomic mass is 35.5. The molecule has 0 amide bonds. The standard InChI is InChI=1S/C18H16ClF3N2O2S/c1-11-3-4-13(9-15(11)19)17(23-10-16(24-17)18(20,21)22)12-5-7-14(8-6-12)27(2,25)26/h3-10,23-24H,1-2H3. The van der Waals surface area contributed by atoms with E-state index in [1.165, 1.54) is 24.3 Å². The molecule has 0 bridgehead atoms. The average Bonchev–Trinajstić information content (AvgIpc) is 3.03. The van der Waals surface area contributed by atoms with E-state index in [4.69, 9.17) is 11.6 Å². The molecule has 2 aromatic carbocycles. The van der Waals surface area contributed by atoms with Crippen LogP contribution in [0.3, 0.4) is 0 Å². The molecular formula is C18H16ClF3N2O2S. The van der Waals surface area contributed by atoms with Crippen LogP contribution in [0, 0.1) is 6.92 Å². The smallest absolute Gasteiger partial charge is 0.360 e. The number of benzene rings is 2. The van der Waals surface area contributed by atoms with E-state index in [0.29, 0.717) is 16.1 Å². The lowest BCUT2D eigenvalue weighted by molar-refractivity contribution is -0.0972. The van der Waals surface area contributed by atoms with Gasteiger partial charge in [0.2, 0.25) is 0 Å². The lowest BCUT2D eigenvalue weighted by Crippen LogP contribution is -2.49. The zero-order valence-corrected chi connectivity index (χ0v) is 15.9. The molecule has 0 saturated carbocycles. The van der Waals surface area contributed by atoms with Crippen LogP contribution in [-0.2, 0) is 15.5 Å². The lowest BCUT2D eigenvalue weighted by Gasteiger charge is -2.33. The molecule has 0 fully saturated rings. The Morgan fingerprint density at radius 3 is 2.11 bits per heavy atom. The van der Waals surface area contributed by atoms with E-state index >= 15 is 0 Å². The van der Waals surface area contributed by atoms with E-state index < -0.39 is 27.4 Å². The number of sulfone groups is 1. The van der Waals surface area contributed by atoms with Gasteiger partial charge in [-0.05, 0) is 30.7 Å². The Kier molecular flexibility index (Phi) is 4.68. The summed E-state index contributed by atoms with van der Waals surface area (Å²) in [4.78, 5) is 0.0744. The topological polar surface area (TPSA) is 58.2 Å². The number of alkyl halides is 3. The number of hydrogen-bond donors (Lipinski definition) is 2. The molecule has 0 radical (unpaired) electrons. The molecular weight excluding hydrogens is 401 g/mol. The van der Waals surface area contributed by atoms with E-state index in [1.807, 2.05) is 0 Å². The quantitative estimate of drug-likeness (QED) is 0.798. The van der Waals surface area contributed by atoms with E-state index in [1.54, 1.807) is 25.1 Å². The first-order valence-corrected chi connectivity index (χ1v) is 10.1. The minimum atomic E-state index is -4.57. The van der Waals surface area contributed by atoms with Crippen molar-refractivity contribution in [3.8, 4) is 0 Å². The summed E-state index contributed by atoms with van der Waals surface area (Å²) in [5.41, 5.74) is -0.722. The van der Waals surface area contributed by atoms with E-state index in [2.05, 4.69) is 10.6 Å². The normalized spacial score (nSPS) is 20.0. The van der Waals surface area contributed by atoms with Crippen LogP contribution in [0.4, 0.5) is 13.2 Å². The van der Waals surface area contributed by atoms with Gasteiger partial charge in [-0.25, -0.2) is 8.42 Å². The van der Waals surface area contributed by atoms with Gasteiger partial charge in [-0.2, -0.15) is 13.2 Å². The molecule has 0 spiro atoms. The number of hydrogen-bond acceptors (Lipinski definition) is 4. The summed E-state index contributed by atoms with van der Waals surface area (Å²) in [6.07, 6.45) is -2.65. The van der Waals surface area contributed by atoms with Crippen molar-refractivity contribution < 1.29 is 21.6 Å². The van der Waals surface area contributed by atoms with Gasteiger partial charge in [0, 0.05) is 28.6 Å². The van der Waals surface area contributed by atoms with E-state index in [9.17, 15) is 21.6 Å². The third-order valence-electron chi connectivity index (χ3n) is 4.38. The third-order valence-corrected chi connectivity index (χ3v) is 5.92. The SMILES string of the molecule is Cc1ccc(C2(c3ccc(S(C)(=O)=O)cc3)NC=C(C(F)(F)F)N2)cc1Cl. The maximum absolute atomic E-state index is 13.2. The second-order valence-corrected chi connectivity index (χ2v) is 8.76. The Balaban J connectivity index is 2.13. The molecule has 4 nitrogen and oxygen atoms in total. The van der Waals surface area contributed by atoms with Gasteiger partial charge in [0.15, 0.2) is 15.5 Å². The largest absolute Gasteiger partial charge is 0.432 e. The summed E-state index contributed by atoms with van der Waals surface area (Å²) in [6.45, 7) is 1.79. The predicted molar refractivity (Wildman–Crippen MR) is 96.9 cm³/mol. The van der Waals surface area contributed by atoms with Gasteiger partial charge in [0.1, 0.15) is 5.70 Å². The number of halogens is 4. The van der Waals surface area contributed by atoms with Crippen LogP contribution >= 0.6 is 11.6 Å². The summed E-state index contributed by atoms with van der Waals surface area (Å²) in [7, 11) is -3.43. The van der Waals surface area contributed by atoms with Crippen LogP contribution in [0.5, 0.6) is 0 Å². The van der Waals surface area contributed by atoms with Crippen LogP contribution in [0.15, 0.2) is 59.3 Å². The van der Waals surface area contributed by atoms with Crippen molar-refractivity contribution in [2.24, 2.45) is 0 Å². The first kappa shape index (κ1) is 19.6. The number of rotatable bonds is 3. The maximum Gasteiger partial charge on any atom is 0.432 e. The summed E-state index contributed by atoms with van der Waals surface area (Å²) in [5, 5.41) is 5.67. The molecule has 2 aromatic rings. The fraction of sp³-hybridized carbons (Fsp3) is 0.222. The minimum Gasteiger partial charge on any atom is -0.360 e. The summed E-state index contributed by atoms with van der Waals surface area (Å²) in [5.74, 6) is 0. The lowest BCUT2D eigenvalue weighted by atomic mass is 9.91. The van der Waals surface area contributed by atoms with Crippen molar-refractivity contribution in [3.63, 3.8) is 0 Å². The Labute approximate surface area is 160 Å². The zero-order valence-electron chi connectivity index (χ0n) is 14.4. The van der Waals surface area contributed by atoms with Gasteiger partial charge in [-0.3, -0.25) is 0 Å². The molecule has 1 aliphatic rings. The first-order valence-electron chi connectivity index (χ1n) is 7.84. The molecule has 3 rings (SSSR count). The molecule has 9 heteroatoms. The Morgan fingerprint density at radius 1 is 1.04 bits per heavy atom. The molecule has 0 aromatic heterocycles. The van der Waals surface area contributed by atoms with Crippen molar-refractivity contribution in [1.82, 2.24) is 10.6 Å². The van der Waals surface area contributed by atoms with E-state index in [-0.39, 0.29) is 4.90 Å². The number of nitrogens with one attached hydrogen (secondary N) is 2. The van der Waals surface area contributed by atoms with Crippen LogP contribution in [0.2, 0.25) is 5.02 Å². The molecule has 0 saturated heterocycles. The summed E-state index contributed by atoms with van der Waals surface area (Å²) >= 11 is 6.18. The minimum absolute atomic E-state index is 0.0744. The highest BCUT2D eigenvalue weighted by Crippen LogP contribution is 2.37. The highest BCUT2D eigenvalue weighted by molar-refractivity contribution is 7.90. The molecule has 2 N–H and O–H groups in total. The highest BCUT2D eigenvalue weighted by Gasteiger charge is 2.46. The van der Waals surface area contributed by atoms with Gasteiger partial charge < -0.3 is 10.6 Å². The summed E-state index contributed by atoms with van der Waals surface area (Å²) < 4.78 is 63.0. The van der Waals surface area contributed by atoms with Gasteiger partial charge in [-0.1, -0.05) is 35.9 Å². The van der Waals surface area contributed by atoms with Gasteiger partial charge >= 0.3 is 6.18 Å². The van der Waals surface area contributed by atoms with Crippen molar-refractivity contribution in [2.75, 3.05) is 6.26 Å². The second kappa shape index (κ2) is 6.45. The molecule has 0 aliphatic carbocycles. The molecule has 1 aliphatic heterocycles. The third kappa shape index (κ3) is 3.64. The van der Waals surface area contributed by atoms with Crippen molar-refractivity contribution in [3.05, 3.63) is 76.1 Å². The average molecular weight is 417 g/mol. The number of allylic oxidation sites excluding steroid dienone is 1. The second-order valence-electron chi connectivity index (χ2n) is 6.34. The van der Waals surface area contributed by atoms with Crippen LogP contribution < -0.4 is 10.6 Å². The maximum atomic E-state index is 13.2. The fourth-order valence-electron chi connectivity index (χ4n) is 2.86. The monoisotopic (exact) mass is 416 g/mol. The van der Waals surface area contributed by atoms with Crippen LogP contribution in [0.25, 0.3) is 0 Å². The Bertz CT molecular complexity index is 1020.